The molecule has 4 nitrogen and oxygen atoms in total. The quantitative estimate of drug-likeness (QED) is 0.923. The average Bonchev–Trinajstić information content (AvgIpc) is 2.56. The van der Waals surface area contributed by atoms with Crippen molar-refractivity contribution in [2.24, 2.45) is 7.05 Å². The van der Waals surface area contributed by atoms with Crippen molar-refractivity contribution in [3.63, 3.8) is 0 Å². The second kappa shape index (κ2) is 4.90. The van der Waals surface area contributed by atoms with Crippen molar-refractivity contribution in [2.45, 2.75) is 19.9 Å². The van der Waals surface area contributed by atoms with Crippen LogP contribution in [0.25, 0.3) is 0 Å². The van der Waals surface area contributed by atoms with E-state index in [-0.39, 0.29) is 5.56 Å². The monoisotopic (exact) mass is 265 g/mol. The fourth-order valence-electron chi connectivity index (χ4n) is 2.10. The van der Waals surface area contributed by atoms with Gasteiger partial charge in [-0.1, -0.05) is 36.7 Å². The molecule has 0 radical (unpaired) electrons. The molecule has 0 aliphatic rings. The molecule has 0 aliphatic heterocycles. The Balaban J connectivity index is 2.48. The fraction of sp³-hybridized carbons (Fsp3) is 0.308. The Labute approximate surface area is 111 Å². The van der Waals surface area contributed by atoms with E-state index < -0.39 is 0 Å². The summed E-state index contributed by atoms with van der Waals surface area (Å²) < 4.78 is 3.41. The van der Waals surface area contributed by atoms with Crippen LogP contribution in [0.5, 0.6) is 0 Å². The van der Waals surface area contributed by atoms with Crippen molar-refractivity contribution in [3.05, 3.63) is 50.9 Å². The molecule has 0 spiro atoms. The number of nitrogens with two attached hydrogens (primary N) is 1. The van der Waals surface area contributed by atoms with Crippen LogP contribution in [0, 0.1) is 0 Å². The van der Waals surface area contributed by atoms with E-state index >= 15 is 0 Å². The van der Waals surface area contributed by atoms with E-state index in [1.165, 1.54) is 0 Å². The van der Waals surface area contributed by atoms with Crippen LogP contribution in [0.1, 0.15) is 18.2 Å². The van der Waals surface area contributed by atoms with Crippen molar-refractivity contribution in [2.75, 3.05) is 5.73 Å². The van der Waals surface area contributed by atoms with Crippen LogP contribution in [-0.4, -0.2) is 9.36 Å². The number of benzene rings is 1. The highest BCUT2D eigenvalue weighted by Crippen LogP contribution is 2.17. The highest BCUT2D eigenvalue weighted by atomic mass is 35.5. The van der Waals surface area contributed by atoms with Gasteiger partial charge in [0, 0.05) is 12.1 Å². The number of hydrogen-bond donors (Lipinski definition) is 1. The number of nitrogens with zero attached hydrogens (tertiary/aromatic N) is 2. The van der Waals surface area contributed by atoms with Crippen LogP contribution < -0.4 is 11.3 Å². The lowest BCUT2D eigenvalue weighted by Crippen LogP contribution is -2.23. The van der Waals surface area contributed by atoms with E-state index in [1.807, 2.05) is 38.2 Å². The van der Waals surface area contributed by atoms with Gasteiger partial charge in [-0.25, -0.2) is 4.68 Å². The van der Waals surface area contributed by atoms with Crippen molar-refractivity contribution in [1.29, 1.82) is 0 Å². The van der Waals surface area contributed by atoms with E-state index in [0.717, 1.165) is 17.7 Å². The van der Waals surface area contributed by atoms with Crippen LogP contribution in [0.15, 0.2) is 29.1 Å². The van der Waals surface area contributed by atoms with Crippen LogP contribution >= 0.6 is 11.6 Å². The number of hydrogen-bond acceptors (Lipinski definition) is 2. The lowest BCUT2D eigenvalue weighted by molar-refractivity contribution is 0.520. The van der Waals surface area contributed by atoms with E-state index in [1.54, 1.807) is 9.36 Å². The first kappa shape index (κ1) is 12.8. The van der Waals surface area contributed by atoms with Crippen molar-refractivity contribution in [3.8, 4) is 0 Å². The molecule has 96 valence electrons. The summed E-state index contributed by atoms with van der Waals surface area (Å²) in [7, 11) is 1.84. The first-order valence-electron chi connectivity index (χ1n) is 5.83. The smallest absolute Gasteiger partial charge is 0.290 e. The number of nitrogen functional groups attached to an aromatic ring is 1. The Morgan fingerprint density at radius 3 is 2.56 bits per heavy atom. The van der Waals surface area contributed by atoms with Gasteiger partial charge in [-0.15, -0.1) is 0 Å². The van der Waals surface area contributed by atoms with Crippen LogP contribution in [-0.2, 0) is 20.0 Å². The van der Waals surface area contributed by atoms with Gasteiger partial charge in [-0.05, 0) is 18.1 Å². The molecule has 1 aromatic heterocycles. The number of rotatable bonds is 3. The van der Waals surface area contributed by atoms with Gasteiger partial charge in [0.1, 0.15) is 5.69 Å². The molecule has 0 unspecified atom stereocenters. The maximum Gasteiger partial charge on any atom is 0.290 e. The summed E-state index contributed by atoms with van der Waals surface area (Å²) in [5.41, 5.74) is 7.75. The number of anilines is 1. The Morgan fingerprint density at radius 1 is 1.33 bits per heavy atom. The van der Waals surface area contributed by atoms with E-state index in [4.69, 9.17) is 17.3 Å². The van der Waals surface area contributed by atoms with Gasteiger partial charge in [0.2, 0.25) is 0 Å². The lowest BCUT2D eigenvalue weighted by Gasteiger charge is -2.10. The second-order valence-corrected chi connectivity index (χ2v) is 4.60. The molecule has 0 fully saturated rings. The molecular weight excluding hydrogens is 250 g/mol. The normalized spacial score (nSPS) is 10.8. The van der Waals surface area contributed by atoms with E-state index in [2.05, 4.69) is 0 Å². The standard InChI is InChI=1S/C13H16ClN3O/c1-3-11-12(15)13(18)17(16(11)2)8-9-6-4-5-7-10(9)14/h4-7H,3,8,15H2,1-2H3. The lowest BCUT2D eigenvalue weighted by atomic mass is 10.2. The molecule has 0 bridgehead atoms. The van der Waals surface area contributed by atoms with Crippen LogP contribution in [0.3, 0.4) is 0 Å². The molecule has 2 rings (SSSR count). The largest absolute Gasteiger partial charge is 0.393 e. The molecule has 2 N–H and O–H groups in total. The SMILES string of the molecule is CCc1c(N)c(=O)n(Cc2ccccc2Cl)n1C. The van der Waals surface area contributed by atoms with Gasteiger partial charge in [0.25, 0.3) is 5.56 Å². The predicted molar refractivity (Wildman–Crippen MR) is 74.0 cm³/mol. The summed E-state index contributed by atoms with van der Waals surface area (Å²) in [5.74, 6) is 0. The van der Waals surface area contributed by atoms with E-state index in [0.29, 0.717) is 17.3 Å². The third-order valence-corrected chi connectivity index (χ3v) is 3.51. The zero-order valence-corrected chi connectivity index (χ0v) is 11.2. The van der Waals surface area contributed by atoms with Crippen LogP contribution in [0.2, 0.25) is 5.02 Å². The Kier molecular flexibility index (Phi) is 3.48. The maximum atomic E-state index is 12.1. The summed E-state index contributed by atoms with van der Waals surface area (Å²) in [6, 6.07) is 7.49. The van der Waals surface area contributed by atoms with Gasteiger partial charge in [-0.2, -0.15) is 0 Å². The Hall–Kier alpha value is -1.68. The van der Waals surface area contributed by atoms with Gasteiger partial charge >= 0.3 is 0 Å². The van der Waals surface area contributed by atoms with Crippen molar-refractivity contribution in [1.82, 2.24) is 9.36 Å². The molecule has 1 heterocycles. The molecule has 2 aromatic rings. The molecule has 0 amide bonds. The Bertz CT molecular complexity index is 628. The number of halogens is 1. The minimum Gasteiger partial charge on any atom is -0.393 e. The average molecular weight is 266 g/mol. The topological polar surface area (TPSA) is 53.0 Å². The molecular formula is C13H16ClN3O. The molecule has 0 aliphatic carbocycles. The number of aromatic nitrogens is 2. The summed E-state index contributed by atoms with van der Waals surface area (Å²) in [6.07, 6.45) is 0.729. The zero-order valence-electron chi connectivity index (χ0n) is 10.5. The first-order valence-corrected chi connectivity index (χ1v) is 6.21. The molecule has 18 heavy (non-hydrogen) atoms. The molecule has 0 atom stereocenters. The highest BCUT2D eigenvalue weighted by Gasteiger charge is 2.14. The van der Waals surface area contributed by atoms with Crippen molar-refractivity contribution >= 4 is 17.3 Å². The molecule has 0 saturated heterocycles. The fourth-order valence-corrected chi connectivity index (χ4v) is 2.30. The molecule has 0 saturated carbocycles. The second-order valence-electron chi connectivity index (χ2n) is 4.19. The van der Waals surface area contributed by atoms with Crippen LogP contribution in [0.4, 0.5) is 5.69 Å². The third-order valence-electron chi connectivity index (χ3n) is 3.14. The van der Waals surface area contributed by atoms with E-state index in [9.17, 15) is 4.79 Å². The van der Waals surface area contributed by atoms with Gasteiger partial charge in [0.05, 0.1) is 12.2 Å². The predicted octanol–water partition coefficient (Wildman–Crippen LogP) is 2.03. The highest BCUT2D eigenvalue weighted by molar-refractivity contribution is 6.31. The summed E-state index contributed by atoms with van der Waals surface area (Å²) in [4.78, 5) is 12.1. The van der Waals surface area contributed by atoms with Crippen molar-refractivity contribution < 1.29 is 0 Å². The molecule has 5 heteroatoms. The minimum absolute atomic E-state index is 0.158. The third kappa shape index (κ3) is 2.04. The summed E-state index contributed by atoms with van der Waals surface area (Å²) >= 11 is 6.10. The maximum absolute atomic E-state index is 12.1. The molecule has 1 aromatic carbocycles. The van der Waals surface area contributed by atoms with Gasteiger partial charge < -0.3 is 5.73 Å². The summed E-state index contributed by atoms with van der Waals surface area (Å²) in [5, 5.41) is 0.655. The summed E-state index contributed by atoms with van der Waals surface area (Å²) in [6.45, 7) is 2.41. The minimum atomic E-state index is -0.158. The van der Waals surface area contributed by atoms with Gasteiger partial charge in [-0.3, -0.25) is 9.48 Å². The first-order chi connectivity index (χ1) is 8.56. The zero-order chi connectivity index (χ0) is 13.3. The Morgan fingerprint density at radius 2 is 2.00 bits per heavy atom. The van der Waals surface area contributed by atoms with Gasteiger partial charge in [0.15, 0.2) is 0 Å².